The highest BCUT2D eigenvalue weighted by Gasteiger charge is 2.26. The van der Waals surface area contributed by atoms with E-state index in [9.17, 15) is 9.59 Å². The van der Waals surface area contributed by atoms with E-state index in [2.05, 4.69) is 16.0 Å². The van der Waals surface area contributed by atoms with Crippen LogP contribution in [0.4, 0.5) is 22.7 Å². The average Bonchev–Trinajstić information content (AvgIpc) is 3.19. The molecule has 31 heavy (non-hydrogen) atoms. The summed E-state index contributed by atoms with van der Waals surface area (Å²) in [5.41, 5.74) is 11.0. The molecule has 1 amide bonds. The molecule has 3 aromatic rings. The molecule has 0 aliphatic heterocycles. The number of carbonyl (C=O) groups is 2. The highest BCUT2D eigenvalue weighted by atomic mass is 16.1. The molecule has 0 radical (unpaired) electrons. The van der Waals surface area contributed by atoms with Crippen molar-refractivity contribution in [2.75, 3.05) is 29.0 Å². The molecular formula is C25H26N4O2. The van der Waals surface area contributed by atoms with E-state index in [0.29, 0.717) is 36.2 Å². The van der Waals surface area contributed by atoms with Gasteiger partial charge in [-0.2, -0.15) is 0 Å². The number of anilines is 4. The summed E-state index contributed by atoms with van der Waals surface area (Å²) in [5.74, 6) is -0.180. The first-order chi connectivity index (χ1) is 15.2. The summed E-state index contributed by atoms with van der Waals surface area (Å²) in [5, 5.41) is 9.58. The molecule has 0 spiro atoms. The van der Waals surface area contributed by atoms with E-state index in [4.69, 9.17) is 5.73 Å². The maximum absolute atomic E-state index is 12.8. The SMILES string of the molecule is NCCCNc1ccc(C(=O)Nc2ccc(Nc3ccccc3)c3c2C(=O)CC3)cc1. The van der Waals surface area contributed by atoms with Crippen LogP contribution in [0.15, 0.2) is 66.7 Å². The molecule has 1 aliphatic rings. The van der Waals surface area contributed by atoms with E-state index in [-0.39, 0.29) is 11.7 Å². The molecule has 158 valence electrons. The minimum absolute atomic E-state index is 0.0569. The molecule has 1 aliphatic carbocycles. The van der Waals surface area contributed by atoms with E-state index in [1.165, 1.54) is 0 Å². The highest BCUT2D eigenvalue weighted by Crippen LogP contribution is 2.36. The van der Waals surface area contributed by atoms with Crippen molar-refractivity contribution in [3.8, 4) is 0 Å². The van der Waals surface area contributed by atoms with Crippen LogP contribution in [0.5, 0.6) is 0 Å². The Balaban J connectivity index is 1.51. The fourth-order valence-electron chi connectivity index (χ4n) is 3.76. The summed E-state index contributed by atoms with van der Waals surface area (Å²) in [7, 11) is 0. The molecule has 5 N–H and O–H groups in total. The molecule has 0 saturated carbocycles. The second-order valence-corrected chi connectivity index (χ2v) is 7.53. The van der Waals surface area contributed by atoms with Crippen molar-refractivity contribution in [3.05, 3.63) is 83.4 Å². The minimum Gasteiger partial charge on any atom is -0.385 e. The third kappa shape index (κ3) is 4.75. The van der Waals surface area contributed by atoms with Gasteiger partial charge in [0.2, 0.25) is 0 Å². The zero-order valence-electron chi connectivity index (χ0n) is 17.3. The number of rotatable bonds is 8. The third-order valence-electron chi connectivity index (χ3n) is 5.35. The van der Waals surface area contributed by atoms with E-state index < -0.39 is 0 Å². The van der Waals surface area contributed by atoms with Crippen molar-refractivity contribution in [2.45, 2.75) is 19.3 Å². The zero-order valence-corrected chi connectivity index (χ0v) is 17.3. The van der Waals surface area contributed by atoms with Gasteiger partial charge in [0.25, 0.3) is 5.91 Å². The van der Waals surface area contributed by atoms with Crippen molar-refractivity contribution >= 4 is 34.4 Å². The molecule has 0 heterocycles. The molecule has 3 aromatic carbocycles. The largest absolute Gasteiger partial charge is 0.385 e. The number of hydrogen-bond acceptors (Lipinski definition) is 5. The van der Waals surface area contributed by atoms with Gasteiger partial charge in [0.1, 0.15) is 0 Å². The topological polar surface area (TPSA) is 96.2 Å². The van der Waals surface area contributed by atoms with Crippen LogP contribution >= 0.6 is 0 Å². The van der Waals surface area contributed by atoms with Gasteiger partial charge in [-0.1, -0.05) is 18.2 Å². The number of carbonyl (C=O) groups excluding carboxylic acids is 2. The van der Waals surface area contributed by atoms with Crippen LogP contribution in [0.3, 0.4) is 0 Å². The van der Waals surface area contributed by atoms with Crippen LogP contribution in [0, 0.1) is 0 Å². The molecule has 0 aromatic heterocycles. The number of ketones is 1. The number of benzene rings is 3. The molecule has 6 nitrogen and oxygen atoms in total. The lowest BCUT2D eigenvalue weighted by Crippen LogP contribution is -2.15. The van der Waals surface area contributed by atoms with Crippen LogP contribution in [-0.4, -0.2) is 24.8 Å². The number of hydrogen-bond donors (Lipinski definition) is 4. The predicted molar refractivity (Wildman–Crippen MR) is 125 cm³/mol. The lowest BCUT2D eigenvalue weighted by atomic mass is 10.0. The normalized spacial score (nSPS) is 12.4. The Hall–Kier alpha value is -3.64. The van der Waals surface area contributed by atoms with E-state index in [1.54, 1.807) is 18.2 Å². The fourth-order valence-corrected chi connectivity index (χ4v) is 3.76. The van der Waals surface area contributed by atoms with Gasteiger partial charge in [0.15, 0.2) is 5.78 Å². The molecule has 4 rings (SSSR count). The van der Waals surface area contributed by atoms with Gasteiger partial charge >= 0.3 is 0 Å². The molecule has 0 atom stereocenters. The molecule has 6 heteroatoms. The first-order valence-electron chi connectivity index (χ1n) is 10.5. The highest BCUT2D eigenvalue weighted by molar-refractivity contribution is 6.12. The monoisotopic (exact) mass is 414 g/mol. The lowest BCUT2D eigenvalue weighted by molar-refractivity contribution is 0.0995. The Kier molecular flexibility index (Phi) is 6.29. The summed E-state index contributed by atoms with van der Waals surface area (Å²) in [6, 6.07) is 20.8. The quantitative estimate of drug-likeness (QED) is 0.405. The number of nitrogens with one attached hydrogen (secondary N) is 3. The maximum Gasteiger partial charge on any atom is 0.255 e. The van der Waals surface area contributed by atoms with Gasteiger partial charge in [0.05, 0.1) is 5.69 Å². The summed E-state index contributed by atoms with van der Waals surface area (Å²) < 4.78 is 0. The Bertz CT molecular complexity index is 1080. The van der Waals surface area contributed by atoms with Crippen molar-refractivity contribution < 1.29 is 9.59 Å². The standard InChI is InChI=1S/C25H26N4O2/c26-15-4-16-27-18-9-7-17(8-10-18)25(31)29-22-13-12-21(20-11-14-23(30)24(20)22)28-19-5-2-1-3-6-19/h1-3,5-10,12-13,27-28H,4,11,14-16,26H2,(H,29,31). The summed E-state index contributed by atoms with van der Waals surface area (Å²) in [6.07, 6.45) is 2.00. The number of para-hydroxylation sites is 1. The third-order valence-corrected chi connectivity index (χ3v) is 5.35. The van der Waals surface area contributed by atoms with Gasteiger partial charge in [0, 0.05) is 41.2 Å². The van der Waals surface area contributed by atoms with E-state index in [1.807, 2.05) is 48.5 Å². The summed E-state index contributed by atoms with van der Waals surface area (Å²) in [4.78, 5) is 25.4. The van der Waals surface area contributed by atoms with E-state index >= 15 is 0 Å². The fraction of sp³-hybridized carbons (Fsp3) is 0.200. The van der Waals surface area contributed by atoms with Crippen LogP contribution < -0.4 is 21.7 Å². The Morgan fingerprint density at radius 2 is 1.61 bits per heavy atom. The Morgan fingerprint density at radius 3 is 2.35 bits per heavy atom. The number of fused-ring (bicyclic) bond motifs is 1. The smallest absolute Gasteiger partial charge is 0.255 e. The zero-order chi connectivity index (χ0) is 21.6. The maximum atomic E-state index is 12.8. The van der Waals surface area contributed by atoms with Gasteiger partial charge in [-0.15, -0.1) is 0 Å². The lowest BCUT2D eigenvalue weighted by Gasteiger charge is -2.15. The number of nitrogens with two attached hydrogens (primary N) is 1. The van der Waals surface area contributed by atoms with Gasteiger partial charge in [-0.05, 0) is 73.5 Å². The first-order valence-corrected chi connectivity index (χ1v) is 10.5. The number of amides is 1. The van der Waals surface area contributed by atoms with Crippen molar-refractivity contribution in [2.24, 2.45) is 5.73 Å². The van der Waals surface area contributed by atoms with Gasteiger partial charge in [-0.25, -0.2) is 0 Å². The average molecular weight is 415 g/mol. The molecular weight excluding hydrogens is 388 g/mol. The number of Topliss-reactive ketones (excluding diaryl/α,β-unsaturated/α-hetero) is 1. The second-order valence-electron chi connectivity index (χ2n) is 7.53. The molecule has 0 unspecified atom stereocenters. The predicted octanol–water partition coefficient (Wildman–Crippen LogP) is 4.57. The van der Waals surface area contributed by atoms with Gasteiger partial charge < -0.3 is 21.7 Å². The molecule has 0 bridgehead atoms. The second kappa shape index (κ2) is 9.45. The van der Waals surface area contributed by atoms with Crippen LogP contribution in [0.25, 0.3) is 0 Å². The Morgan fingerprint density at radius 1 is 0.871 bits per heavy atom. The van der Waals surface area contributed by atoms with Gasteiger partial charge in [-0.3, -0.25) is 9.59 Å². The Labute approximate surface area is 181 Å². The summed E-state index contributed by atoms with van der Waals surface area (Å²) in [6.45, 7) is 1.43. The minimum atomic E-state index is -0.237. The van der Waals surface area contributed by atoms with Crippen molar-refractivity contribution in [3.63, 3.8) is 0 Å². The first kappa shape index (κ1) is 20.6. The van der Waals surface area contributed by atoms with Crippen molar-refractivity contribution in [1.82, 2.24) is 0 Å². The van der Waals surface area contributed by atoms with Crippen LogP contribution in [-0.2, 0) is 6.42 Å². The summed E-state index contributed by atoms with van der Waals surface area (Å²) >= 11 is 0. The van der Waals surface area contributed by atoms with Crippen molar-refractivity contribution in [1.29, 1.82) is 0 Å². The van der Waals surface area contributed by atoms with Crippen LogP contribution in [0.1, 0.15) is 39.1 Å². The van der Waals surface area contributed by atoms with E-state index in [0.717, 1.165) is 35.6 Å². The molecule has 0 fully saturated rings. The molecule has 0 saturated heterocycles. The van der Waals surface area contributed by atoms with Crippen LogP contribution in [0.2, 0.25) is 0 Å².